The zero-order chi connectivity index (χ0) is 15.4. The largest absolute Gasteiger partial charge is 0.441 e. The van der Waals surface area contributed by atoms with E-state index in [0.29, 0.717) is 25.3 Å². The molecule has 4 nitrogen and oxygen atoms in total. The lowest BCUT2D eigenvalue weighted by Gasteiger charge is -2.13. The van der Waals surface area contributed by atoms with Crippen molar-refractivity contribution in [3.8, 4) is 0 Å². The SMILES string of the molecule is Cc1ccc2oc(CCC(=O)NCC3=CCCCC3)nc2c1. The first-order chi connectivity index (χ1) is 10.7. The van der Waals surface area contributed by atoms with Gasteiger partial charge in [-0.05, 0) is 50.3 Å². The molecule has 0 saturated carbocycles. The fourth-order valence-corrected chi connectivity index (χ4v) is 2.78. The first-order valence-corrected chi connectivity index (χ1v) is 8.01. The Bertz CT molecular complexity index is 700. The summed E-state index contributed by atoms with van der Waals surface area (Å²) in [6.07, 6.45) is 7.99. The molecule has 1 amide bonds. The van der Waals surface area contributed by atoms with Crippen LogP contribution in [0.5, 0.6) is 0 Å². The van der Waals surface area contributed by atoms with Crippen LogP contribution in [0.2, 0.25) is 0 Å². The number of hydrogen-bond donors (Lipinski definition) is 1. The number of rotatable bonds is 5. The van der Waals surface area contributed by atoms with Crippen molar-refractivity contribution in [2.75, 3.05) is 6.54 Å². The highest BCUT2D eigenvalue weighted by molar-refractivity contribution is 5.77. The number of allylic oxidation sites excluding steroid dienone is 1. The molecular weight excluding hydrogens is 276 g/mol. The Labute approximate surface area is 130 Å². The molecule has 4 heteroatoms. The van der Waals surface area contributed by atoms with E-state index in [1.807, 2.05) is 25.1 Å². The van der Waals surface area contributed by atoms with Crippen LogP contribution in [-0.2, 0) is 11.2 Å². The maximum Gasteiger partial charge on any atom is 0.220 e. The number of aromatic nitrogens is 1. The zero-order valence-electron chi connectivity index (χ0n) is 13.0. The van der Waals surface area contributed by atoms with Crippen LogP contribution in [0.3, 0.4) is 0 Å². The van der Waals surface area contributed by atoms with Crippen molar-refractivity contribution in [3.05, 3.63) is 41.3 Å². The van der Waals surface area contributed by atoms with Gasteiger partial charge in [0.2, 0.25) is 5.91 Å². The second-order valence-electron chi connectivity index (χ2n) is 5.96. The summed E-state index contributed by atoms with van der Waals surface area (Å²) < 4.78 is 5.67. The van der Waals surface area contributed by atoms with Crippen molar-refractivity contribution in [2.45, 2.75) is 45.4 Å². The standard InChI is InChI=1S/C18H22N2O2/c1-13-7-8-16-15(11-13)20-18(22-16)10-9-17(21)19-12-14-5-3-2-4-6-14/h5,7-8,11H,2-4,6,9-10,12H2,1H3,(H,19,21). The van der Waals surface area contributed by atoms with Gasteiger partial charge < -0.3 is 9.73 Å². The number of aryl methyl sites for hydroxylation is 2. The Balaban J connectivity index is 1.50. The van der Waals surface area contributed by atoms with Crippen LogP contribution in [0.1, 0.15) is 43.6 Å². The predicted octanol–water partition coefficient (Wildman–Crippen LogP) is 3.69. The van der Waals surface area contributed by atoms with E-state index in [1.165, 1.54) is 18.4 Å². The van der Waals surface area contributed by atoms with E-state index in [9.17, 15) is 4.79 Å². The molecule has 1 aromatic carbocycles. The van der Waals surface area contributed by atoms with Gasteiger partial charge in [0.25, 0.3) is 0 Å². The van der Waals surface area contributed by atoms with Crippen LogP contribution < -0.4 is 5.32 Å². The Morgan fingerprint density at radius 3 is 3.09 bits per heavy atom. The van der Waals surface area contributed by atoms with Crippen LogP contribution in [0, 0.1) is 6.92 Å². The predicted molar refractivity (Wildman–Crippen MR) is 86.6 cm³/mol. The molecule has 2 aromatic rings. The van der Waals surface area contributed by atoms with E-state index in [4.69, 9.17) is 4.42 Å². The number of carbonyl (C=O) groups excluding carboxylic acids is 1. The molecule has 0 atom stereocenters. The smallest absolute Gasteiger partial charge is 0.220 e. The normalized spacial score (nSPS) is 14.9. The number of fused-ring (bicyclic) bond motifs is 1. The summed E-state index contributed by atoms with van der Waals surface area (Å²) in [6.45, 7) is 2.72. The van der Waals surface area contributed by atoms with Gasteiger partial charge in [0.05, 0.1) is 0 Å². The summed E-state index contributed by atoms with van der Waals surface area (Å²) in [5, 5.41) is 2.99. The molecule has 3 rings (SSSR count). The zero-order valence-corrected chi connectivity index (χ0v) is 13.0. The summed E-state index contributed by atoms with van der Waals surface area (Å²) in [7, 11) is 0. The third-order valence-electron chi connectivity index (χ3n) is 4.05. The highest BCUT2D eigenvalue weighted by atomic mass is 16.3. The minimum Gasteiger partial charge on any atom is -0.441 e. The third kappa shape index (κ3) is 3.75. The monoisotopic (exact) mass is 298 g/mol. The summed E-state index contributed by atoms with van der Waals surface area (Å²) in [4.78, 5) is 16.4. The molecular formula is C18H22N2O2. The van der Waals surface area contributed by atoms with Crippen molar-refractivity contribution in [1.29, 1.82) is 0 Å². The molecule has 22 heavy (non-hydrogen) atoms. The van der Waals surface area contributed by atoms with Gasteiger partial charge in [-0.3, -0.25) is 4.79 Å². The van der Waals surface area contributed by atoms with E-state index in [1.54, 1.807) is 0 Å². The third-order valence-corrected chi connectivity index (χ3v) is 4.05. The van der Waals surface area contributed by atoms with Gasteiger partial charge in [0.15, 0.2) is 11.5 Å². The van der Waals surface area contributed by atoms with Crippen molar-refractivity contribution >= 4 is 17.0 Å². The van der Waals surface area contributed by atoms with Crippen molar-refractivity contribution < 1.29 is 9.21 Å². The number of amides is 1. The topological polar surface area (TPSA) is 55.1 Å². The Morgan fingerprint density at radius 1 is 1.36 bits per heavy atom. The number of hydrogen-bond acceptors (Lipinski definition) is 3. The van der Waals surface area contributed by atoms with Gasteiger partial charge in [-0.1, -0.05) is 17.7 Å². The Hall–Kier alpha value is -2.10. The lowest BCUT2D eigenvalue weighted by atomic mass is 10.00. The molecule has 0 saturated heterocycles. The molecule has 1 N–H and O–H groups in total. The number of nitrogens with zero attached hydrogens (tertiary/aromatic N) is 1. The summed E-state index contributed by atoms with van der Waals surface area (Å²) in [5.41, 5.74) is 4.17. The van der Waals surface area contributed by atoms with Crippen LogP contribution in [0.25, 0.3) is 11.1 Å². The first kappa shape index (κ1) is 14.8. The lowest BCUT2D eigenvalue weighted by molar-refractivity contribution is -0.120. The molecule has 0 aliphatic heterocycles. The molecule has 0 unspecified atom stereocenters. The second kappa shape index (κ2) is 6.77. The summed E-state index contributed by atoms with van der Waals surface area (Å²) in [6, 6.07) is 5.93. The number of carbonyl (C=O) groups is 1. The number of benzene rings is 1. The molecule has 0 bridgehead atoms. The maximum atomic E-state index is 11.9. The van der Waals surface area contributed by atoms with Crippen molar-refractivity contribution in [1.82, 2.24) is 10.3 Å². The molecule has 1 heterocycles. The fourth-order valence-electron chi connectivity index (χ4n) is 2.78. The molecule has 1 aliphatic carbocycles. The second-order valence-corrected chi connectivity index (χ2v) is 5.96. The van der Waals surface area contributed by atoms with Crippen molar-refractivity contribution in [3.63, 3.8) is 0 Å². The van der Waals surface area contributed by atoms with E-state index in [2.05, 4.69) is 16.4 Å². The average Bonchev–Trinajstić information content (AvgIpc) is 2.94. The summed E-state index contributed by atoms with van der Waals surface area (Å²) >= 11 is 0. The molecule has 0 radical (unpaired) electrons. The Kier molecular flexibility index (Phi) is 4.56. The Morgan fingerprint density at radius 2 is 2.27 bits per heavy atom. The van der Waals surface area contributed by atoms with Crippen molar-refractivity contribution in [2.24, 2.45) is 0 Å². The van der Waals surface area contributed by atoms with Gasteiger partial charge in [-0.25, -0.2) is 4.98 Å². The van der Waals surface area contributed by atoms with Gasteiger partial charge >= 0.3 is 0 Å². The number of nitrogens with one attached hydrogen (secondary N) is 1. The van der Waals surface area contributed by atoms with Gasteiger partial charge in [0, 0.05) is 19.4 Å². The van der Waals surface area contributed by atoms with Gasteiger partial charge in [-0.15, -0.1) is 0 Å². The van der Waals surface area contributed by atoms with E-state index < -0.39 is 0 Å². The molecule has 0 fully saturated rings. The average molecular weight is 298 g/mol. The highest BCUT2D eigenvalue weighted by Gasteiger charge is 2.10. The number of oxazole rings is 1. The first-order valence-electron chi connectivity index (χ1n) is 8.01. The van der Waals surface area contributed by atoms with Crippen LogP contribution in [-0.4, -0.2) is 17.4 Å². The van der Waals surface area contributed by atoms with Crippen LogP contribution >= 0.6 is 0 Å². The minimum atomic E-state index is 0.0601. The molecule has 0 spiro atoms. The highest BCUT2D eigenvalue weighted by Crippen LogP contribution is 2.18. The van der Waals surface area contributed by atoms with E-state index in [-0.39, 0.29) is 5.91 Å². The summed E-state index contributed by atoms with van der Waals surface area (Å²) in [5.74, 6) is 0.692. The quantitative estimate of drug-likeness (QED) is 0.857. The van der Waals surface area contributed by atoms with Gasteiger partial charge in [-0.2, -0.15) is 0 Å². The van der Waals surface area contributed by atoms with E-state index >= 15 is 0 Å². The van der Waals surface area contributed by atoms with Crippen LogP contribution in [0.15, 0.2) is 34.3 Å². The van der Waals surface area contributed by atoms with E-state index in [0.717, 1.165) is 29.5 Å². The van der Waals surface area contributed by atoms with Gasteiger partial charge in [0.1, 0.15) is 5.52 Å². The molecule has 1 aromatic heterocycles. The lowest BCUT2D eigenvalue weighted by Crippen LogP contribution is -2.26. The minimum absolute atomic E-state index is 0.0601. The molecule has 1 aliphatic rings. The fraction of sp³-hybridized carbons (Fsp3) is 0.444. The van der Waals surface area contributed by atoms with Crippen LogP contribution in [0.4, 0.5) is 0 Å². The molecule has 116 valence electrons. The maximum absolute atomic E-state index is 11.9.